The smallest absolute Gasteiger partial charge is 0.257 e. The molecular weight excluding hydrogens is 304 g/mol. The van der Waals surface area contributed by atoms with Crippen molar-refractivity contribution in [3.63, 3.8) is 0 Å². The number of benzene rings is 1. The van der Waals surface area contributed by atoms with E-state index in [0.717, 1.165) is 31.1 Å². The number of methoxy groups -OCH3 is 1. The predicted molar refractivity (Wildman–Crippen MR) is 96.8 cm³/mol. The molecule has 0 radical (unpaired) electrons. The van der Waals surface area contributed by atoms with E-state index in [1.54, 1.807) is 43.6 Å². The van der Waals surface area contributed by atoms with Crippen molar-refractivity contribution in [1.29, 1.82) is 0 Å². The van der Waals surface area contributed by atoms with Crippen molar-refractivity contribution in [3.8, 4) is 5.75 Å². The molecule has 0 saturated heterocycles. The molecule has 0 atom stereocenters. The summed E-state index contributed by atoms with van der Waals surface area (Å²) in [7, 11) is 5.71. The zero-order chi connectivity index (χ0) is 17.4. The Bertz CT molecular complexity index is 639. The van der Waals surface area contributed by atoms with E-state index in [0.29, 0.717) is 11.3 Å². The van der Waals surface area contributed by atoms with Gasteiger partial charge in [-0.2, -0.15) is 0 Å². The summed E-state index contributed by atoms with van der Waals surface area (Å²) < 4.78 is 5.09. The maximum Gasteiger partial charge on any atom is 0.257 e. The second-order valence-electron chi connectivity index (χ2n) is 5.70. The minimum Gasteiger partial charge on any atom is -0.497 e. The summed E-state index contributed by atoms with van der Waals surface area (Å²) in [6, 6.07) is 10.8. The Labute approximate surface area is 142 Å². The Morgan fingerprint density at radius 1 is 1.17 bits per heavy atom. The number of hydrogen-bond donors (Lipinski definition) is 2. The lowest BCUT2D eigenvalue weighted by Gasteiger charge is -2.10. The van der Waals surface area contributed by atoms with Gasteiger partial charge < -0.3 is 20.3 Å². The molecule has 1 heterocycles. The molecular formula is C18H24N4O2. The summed E-state index contributed by atoms with van der Waals surface area (Å²) in [6.07, 6.45) is 2.61. The van der Waals surface area contributed by atoms with Crippen LogP contribution in [0.5, 0.6) is 5.75 Å². The van der Waals surface area contributed by atoms with Gasteiger partial charge in [0.15, 0.2) is 0 Å². The highest BCUT2D eigenvalue weighted by atomic mass is 16.5. The van der Waals surface area contributed by atoms with Gasteiger partial charge in [0.25, 0.3) is 5.91 Å². The topological polar surface area (TPSA) is 66.5 Å². The van der Waals surface area contributed by atoms with Crippen molar-refractivity contribution in [2.75, 3.05) is 44.9 Å². The molecule has 0 aliphatic heterocycles. The van der Waals surface area contributed by atoms with Crippen molar-refractivity contribution in [1.82, 2.24) is 9.88 Å². The number of pyridine rings is 1. The van der Waals surface area contributed by atoms with Crippen LogP contribution in [0.1, 0.15) is 16.8 Å². The average molecular weight is 328 g/mol. The number of carbonyl (C=O) groups excluding carboxylic acids is 1. The largest absolute Gasteiger partial charge is 0.497 e. The fraction of sp³-hybridized carbons (Fsp3) is 0.333. The third-order valence-corrected chi connectivity index (χ3v) is 3.46. The molecule has 0 bridgehead atoms. The molecule has 24 heavy (non-hydrogen) atoms. The van der Waals surface area contributed by atoms with Gasteiger partial charge in [-0.1, -0.05) is 0 Å². The molecule has 0 aliphatic carbocycles. The Morgan fingerprint density at radius 2 is 1.92 bits per heavy atom. The van der Waals surface area contributed by atoms with Gasteiger partial charge in [-0.25, -0.2) is 4.98 Å². The fourth-order valence-electron chi connectivity index (χ4n) is 2.12. The van der Waals surface area contributed by atoms with Gasteiger partial charge in [0.05, 0.1) is 12.7 Å². The van der Waals surface area contributed by atoms with E-state index in [1.807, 2.05) is 6.07 Å². The van der Waals surface area contributed by atoms with Gasteiger partial charge in [-0.05, 0) is 63.5 Å². The van der Waals surface area contributed by atoms with E-state index in [4.69, 9.17) is 4.74 Å². The summed E-state index contributed by atoms with van der Waals surface area (Å²) in [5.74, 6) is 1.33. The van der Waals surface area contributed by atoms with Crippen LogP contribution in [0.2, 0.25) is 0 Å². The number of aromatic nitrogens is 1. The normalized spacial score (nSPS) is 10.5. The van der Waals surface area contributed by atoms with Gasteiger partial charge >= 0.3 is 0 Å². The van der Waals surface area contributed by atoms with Crippen molar-refractivity contribution in [2.45, 2.75) is 6.42 Å². The summed E-state index contributed by atoms with van der Waals surface area (Å²) in [6.45, 7) is 1.87. The van der Waals surface area contributed by atoms with Gasteiger partial charge in [0, 0.05) is 18.4 Å². The molecule has 1 amide bonds. The molecule has 0 unspecified atom stereocenters. The number of nitrogens with zero attached hydrogens (tertiary/aromatic N) is 2. The van der Waals surface area contributed by atoms with Gasteiger partial charge in [-0.15, -0.1) is 0 Å². The molecule has 2 aromatic rings. The molecule has 1 aromatic carbocycles. The van der Waals surface area contributed by atoms with Crippen LogP contribution < -0.4 is 15.4 Å². The molecule has 6 heteroatoms. The summed E-state index contributed by atoms with van der Waals surface area (Å²) in [5.41, 5.74) is 1.23. The van der Waals surface area contributed by atoms with E-state index in [9.17, 15) is 4.79 Å². The van der Waals surface area contributed by atoms with Crippen LogP contribution in [0.3, 0.4) is 0 Å². The van der Waals surface area contributed by atoms with Crippen LogP contribution in [0.15, 0.2) is 42.6 Å². The highest BCUT2D eigenvalue weighted by Gasteiger charge is 2.07. The third kappa shape index (κ3) is 5.55. The maximum absolute atomic E-state index is 12.2. The van der Waals surface area contributed by atoms with Gasteiger partial charge in [-0.3, -0.25) is 4.79 Å². The van der Waals surface area contributed by atoms with Crippen LogP contribution in [-0.2, 0) is 0 Å². The fourth-order valence-corrected chi connectivity index (χ4v) is 2.12. The van der Waals surface area contributed by atoms with Gasteiger partial charge in [0.1, 0.15) is 11.6 Å². The Hall–Kier alpha value is -2.60. The number of amides is 1. The average Bonchev–Trinajstić information content (AvgIpc) is 2.59. The van der Waals surface area contributed by atoms with Crippen LogP contribution in [0.25, 0.3) is 0 Å². The van der Waals surface area contributed by atoms with Crippen LogP contribution in [0.4, 0.5) is 11.5 Å². The van der Waals surface area contributed by atoms with E-state index >= 15 is 0 Å². The lowest BCUT2D eigenvalue weighted by Crippen LogP contribution is -2.17. The number of rotatable bonds is 8. The first kappa shape index (κ1) is 17.7. The van der Waals surface area contributed by atoms with Crippen LogP contribution in [-0.4, -0.2) is 50.1 Å². The van der Waals surface area contributed by atoms with E-state index in [2.05, 4.69) is 34.6 Å². The van der Waals surface area contributed by atoms with Crippen molar-refractivity contribution in [3.05, 3.63) is 48.2 Å². The van der Waals surface area contributed by atoms with E-state index in [1.165, 1.54) is 0 Å². The molecule has 2 rings (SSSR count). The maximum atomic E-state index is 12.2. The SMILES string of the molecule is COc1ccc(NC(=O)c2ccc(NCCCN(C)C)nc2)cc1. The number of carbonyl (C=O) groups is 1. The summed E-state index contributed by atoms with van der Waals surface area (Å²) >= 11 is 0. The summed E-state index contributed by atoms with van der Waals surface area (Å²) in [5, 5.41) is 6.08. The predicted octanol–water partition coefficient (Wildman–Crippen LogP) is 2.71. The monoisotopic (exact) mass is 328 g/mol. The second-order valence-corrected chi connectivity index (χ2v) is 5.70. The molecule has 0 spiro atoms. The van der Waals surface area contributed by atoms with Crippen molar-refractivity contribution in [2.24, 2.45) is 0 Å². The molecule has 2 N–H and O–H groups in total. The quantitative estimate of drug-likeness (QED) is 0.729. The second kappa shape index (κ2) is 8.88. The van der Waals surface area contributed by atoms with Crippen LogP contribution >= 0.6 is 0 Å². The lowest BCUT2D eigenvalue weighted by molar-refractivity contribution is 0.102. The lowest BCUT2D eigenvalue weighted by atomic mass is 10.2. The molecule has 0 saturated carbocycles. The Morgan fingerprint density at radius 3 is 2.50 bits per heavy atom. The third-order valence-electron chi connectivity index (χ3n) is 3.46. The highest BCUT2D eigenvalue weighted by Crippen LogP contribution is 2.16. The van der Waals surface area contributed by atoms with Crippen LogP contribution in [0, 0.1) is 0 Å². The van der Waals surface area contributed by atoms with Crippen molar-refractivity contribution >= 4 is 17.4 Å². The number of ether oxygens (including phenoxy) is 1. The molecule has 0 fully saturated rings. The highest BCUT2D eigenvalue weighted by molar-refractivity contribution is 6.04. The molecule has 0 aliphatic rings. The zero-order valence-electron chi connectivity index (χ0n) is 14.4. The Kier molecular flexibility index (Phi) is 6.57. The number of hydrogen-bond acceptors (Lipinski definition) is 5. The minimum absolute atomic E-state index is 0.188. The number of anilines is 2. The molecule has 128 valence electrons. The first-order valence-electron chi connectivity index (χ1n) is 7.88. The van der Waals surface area contributed by atoms with E-state index in [-0.39, 0.29) is 5.91 Å². The van der Waals surface area contributed by atoms with Crippen molar-refractivity contribution < 1.29 is 9.53 Å². The van der Waals surface area contributed by atoms with E-state index < -0.39 is 0 Å². The molecule has 1 aromatic heterocycles. The van der Waals surface area contributed by atoms with Gasteiger partial charge in [0.2, 0.25) is 0 Å². The standard InChI is InChI=1S/C18H24N4O2/c1-22(2)12-4-11-19-17-10-5-14(13-20-17)18(23)21-15-6-8-16(24-3)9-7-15/h5-10,13H,4,11-12H2,1-3H3,(H,19,20)(H,21,23). The Balaban J connectivity index is 1.86. The molecule has 6 nitrogen and oxygen atoms in total. The zero-order valence-corrected chi connectivity index (χ0v) is 14.4. The number of nitrogens with one attached hydrogen (secondary N) is 2. The first-order chi connectivity index (χ1) is 11.6. The minimum atomic E-state index is -0.188. The summed E-state index contributed by atoms with van der Waals surface area (Å²) in [4.78, 5) is 18.6. The first-order valence-corrected chi connectivity index (χ1v) is 7.88.